The topological polar surface area (TPSA) is 95.3 Å². The molecule has 2 bridgehead atoms. The van der Waals surface area contributed by atoms with Crippen molar-refractivity contribution in [2.45, 2.75) is 69.7 Å². The molecule has 9 rings (SSSR count). The van der Waals surface area contributed by atoms with Gasteiger partial charge >= 0.3 is 6.01 Å². The molecular formula is C33H34ClF2N7O2. The zero-order valence-electron chi connectivity index (χ0n) is 25.2. The number of benzene rings is 2. The molecule has 4 atom stereocenters. The normalized spacial score (nSPS) is 26.6. The number of ether oxygens (including phenoxy) is 1. The summed E-state index contributed by atoms with van der Waals surface area (Å²) in [5.41, 5.74) is 2.42. The van der Waals surface area contributed by atoms with Gasteiger partial charge in [0.15, 0.2) is 5.82 Å². The summed E-state index contributed by atoms with van der Waals surface area (Å²) in [6.45, 7) is 6.76. The monoisotopic (exact) mass is 633 g/mol. The van der Waals surface area contributed by atoms with Crippen LogP contribution < -0.4 is 15.0 Å². The number of anilines is 1. The molecule has 4 fully saturated rings. The van der Waals surface area contributed by atoms with Crippen molar-refractivity contribution in [1.82, 2.24) is 30.4 Å². The van der Waals surface area contributed by atoms with Crippen molar-refractivity contribution in [3.63, 3.8) is 0 Å². The van der Waals surface area contributed by atoms with E-state index in [4.69, 9.17) is 30.7 Å². The number of fused-ring (bicyclic) bond motifs is 7. The van der Waals surface area contributed by atoms with Crippen molar-refractivity contribution in [1.29, 1.82) is 0 Å². The van der Waals surface area contributed by atoms with Crippen molar-refractivity contribution in [3.05, 3.63) is 40.5 Å². The van der Waals surface area contributed by atoms with Crippen LogP contribution >= 0.6 is 11.6 Å². The number of halogens is 3. The maximum absolute atomic E-state index is 17.4. The van der Waals surface area contributed by atoms with E-state index in [1.54, 1.807) is 6.20 Å². The Labute approximate surface area is 263 Å². The van der Waals surface area contributed by atoms with Crippen LogP contribution in [0.3, 0.4) is 0 Å². The molecule has 2 N–H and O–H groups in total. The van der Waals surface area contributed by atoms with Gasteiger partial charge in [-0.05, 0) is 63.8 Å². The number of hydrogen-bond acceptors (Lipinski definition) is 8. The van der Waals surface area contributed by atoms with Gasteiger partial charge in [-0.25, -0.2) is 8.78 Å². The van der Waals surface area contributed by atoms with Crippen LogP contribution in [-0.2, 0) is 0 Å². The van der Waals surface area contributed by atoms with Crippen molar-refractivity contribution in [2.24, 2.45) is 0 Å². The number of alkyl halides is 1. The van der Waals surface area contributed by atoms with Gasteiger partial charge in [0.05, 0.1) is 33.2 Å². The lowest BCUT2D eigenvalue weighted by Crippen LogP contribution is -2.51. The molecule has 2 aromatic carbocycles. The number of aromatic amines is 1. The molecule has 12 heteroatoms. The van der Waals surface area contributed by atoms with Gasteiger partial charge in [-0.3, -0.25) is 10.00 Å². The number of aromatic nitrogens is 4. The summed E-state index contributed by atoms with van der Waals surface area (Å²) >= 11 is 6.94. The van der Waals surface area contributed by atoms with E-state index < -0.39 is 12.0 Å². The zero-order chi connectivity index (χ0) is 30.6. The molecule has 5 aromatic rings. The second-order valence-corrected chi connectivity index (χ2v) is 13.8. The molecule has 0 radical (unpaired) electrons. The van der Waals surface area contributed by atoms with Crippen molar-refractivity contribution in [2.75, 3.05) is 37.7 Å². The minimum absolute atomic E-state index is 0.0973. The minimum atomic E-state index is -0.880. The third-order valence-corrected chi connectivity index (χ3v) is 11.0. The first-order valence-electron chi connectivity index (χ1n) is 15.9. The van der Waals surface area contributed by atoms with E-state index in [1.165, 1.54) is 0 Å². The van der Waals surface area contributed by atoms with E-state index in [0.717, 1.165) is 61.8 Å². The predicted molar refractivity (Wildman–Crippen MR) is 170 cm³/mol. The summed E-state index contributed by atoms with van der Waals surface area (Å²) in [5, 5.41) is 13.3. The molecule has 0 saturated carbocycles. The Hall–Kier alpha value is -3.54. The Bertz CT molecular complexity index is 2000. The van der Waals surface area contributed by atoms with Crippen LogP contribution in [0.4, 0.5) is 14.6 Å². The van der Waals surface area contributed by atoms with Crippen LogP contribution in [0.25, 0.3) is 43.9 Å². The number of nitrogens with one attached hydrogen (secondary N) is 2. The van der Waals surface area contributed by atoms with E-state index in [-0.39, 0.29) is 29.2 Å². The lowest BCUT2D eigenvalue weighted by atomic mass is 9.95. The van der Waals surface area contributed by atoms with E-state index in [2.05, 4.69) is 25.3 Å². The minimum Gasteiger partial charge on any atom is -0.461 e. The molecule has 0 amide bonds. The van der Waals surface area contributed by atoms with Crippen molar-refractivity contribution < 1.29 is 17.9 Å². The zero-order valence-corrected chi connectivity index (χ0v) is 26.0. The summed E-state index contributed by atoms with van der Waals surface area (Å²) in [7, 11) is 0. The highest BCUT2D eigenvalue weighted by Gasteiger charge is 2.49. The van der Waals surface area contributed by atoms with Crippen LogP contribution in [0.2, 0.25) is 5.02 Å². The number of rotatable bonds is 5. The lowest BCUT2D eigenvalue weighted by Gasteiger charge is -2.35. The summed E-state index contributed by atoms with van der Waals surface area (Å²) in [6.07, 6.45) is 5.23. The quantitative estimate of drug-likeness (QED) is 0.235. The van der Waals surface area contributed by atoms with Crippen LogP contribution in [0, 0.1) is 19.7 Å². The van der Waals surface area contributed by atoms with Gasteiger partial charge < -0.3 is 19.4 Å². The highest BCUT2D eigenvalue weighted by molar-refractivity contribution is 6.36. The van der Waals surface area contributed by atoms with Crippen LogP contribution in [0.15, 0.2) is 22.7 Å². The van der Waals surface area contributed by atoms with E-state index in [0.29, 0.717) is 63.6 Å². The van der Waals surface area contributed by atoms with Gasteiger partial charge in [0.25, 0.3) is 0 Å². The summed E-state index contributed by atoms with van der Waals surface area (Å²) in [6, 6.07) is 4.58. The fourth-order valence-electron chi connectivity index (χ4n) is 8.52. The number of furan rings is 1. The van der Waals surface area contributed by atoms with E-state index in [9.17, 15) is 4.39 Å². The molecule has 0 unspecified atom stereocenters. The third-order valence-electron chi connectivity index (χ3n) is 10.5. The lowest BCUT2D eigenvalue weighted by molar-refractivity contribution is 0.107. The fourth-order valence-corrected chi connectivity index (χ4v) is 8.77. The second-order valence-electron chi connectivity index (χ2n) is 13.5. The third kappa shape index (κ3) is 4.19. The number of nitrogens with zero attached hydrogens (tertiary/aromatic N) is 5. The van der Waals surface area contributed by atoms with Crippen LogP contribution in [-0.4, -0.2) is 81.6 Å². The van der Waals surface area contributed by atoms with Gasteiger partial charge in [-0.1, -0.05) is 11.6 Å². The first kappa shape index (κ1) is 27.7. The Morgan fingerprint density at radius 1 is 1.11 bits per heavy atom. The largest absolute Gasteiger partial charge is 0.461 e. The smallest absolute Gasteiger partial charge is 0.319 e. The SMILES string of the molecule is Cc1cc2c(o1)c(-c1c(Cl)c(C)cc3[nH]ncc13)c(F)c1nc(OC[C@@]34CCCN3C[C@H](F)C4)nc(N3C[C@H]4CC[C@@H](C3)N4)c12. The molecule has 7 heterocycles. The Balaban J connectivity index is 1.28. The number of piperazine rings is 1. The average Bonchev–Trinajstić information content (AvgIpc) is 3.83. The van der Waals surface area contributed by atoms with Gasteiger partial charge in [-0.2, -0.15) is 15.1 Å². The standard InChI is InChI=1S/C33H34ClF2N7O2/c1-16-8-23-22(11-37-41-23)24(27(16)34)26-28(36)29-25(21-9-17(2)45-30(21)26)31(42-13-19-4-5-20(14-42)38-19)40-32(39-29)44-15-33-6-3-7-43(33)12-18(35)10-33/h8-9,11,18-20,38H,3-7,10,12-15H2,1-2H3,(H,37,41)/t18-,19-,20+,33+/m1/s1. The maximum atomic E-state index is 17.4. The van der Waals surface area contributed by atoms with E-state index in [1.807, 2.05) is 26.0 Å². The summed E-state index contributed by atoms with van der Waals surface area (Å²) < 4.78 is 44.5. The second kappa shape index (κ2) is 9.98. The number of H-pyrrole nitrogens is 1. The number of aryl methyl sites for hydroxylation is 2. The molecule has 3 aromatic heterocycles. The maximum Gasteiger partial charge on any atom is 0.319 e. The van der Waals surface area contributed by atoms with Gasteiger partial charge in [0, 0.05) is 54.5 Å². The van der Waals surface area contributed by atoms with Crippen LogP contribution in [0.1, 0.15) is 43.4 Å². The molecule has 9 nitrogen and oxygen atoms in total. The molecule has 4 aliphatic heterocycles. The van der Waals surface area contributed by atoms with E-state index >= 15 is 4.39 Å². The highest BCUT2D eigenvalue weighted by atomic mass is 35.5. The molecule has 4 saturated heterocycles. The fraction of sp³-hybridized carbons (Fsp3) is 0.485. The van der Waals surface area contributed by atoms with Crippen LogP contribution in [0.5, 0.6) is 6.01 Å². The molecular weight excluding hydrogens is 600 g/mol. The van der Waals surface area contributed by atoms with Gasteiger partial charge in [0.2, 0.25) is 0 Å². The molecule has 0 spiro atoms. The van der Waals surface area contributed by atoms with Gasteiger partial charge in [-0.15, -0.1) is 0 Å². The summed E-state index contributed by atoms with van der Waals surface area (Å²) in [5.74, 6) is 0.710. The van der Waals surface area contributed by atoms with Crippen molar-refractivity contribution >= 4 is 50.2 Å². The first-order valence-corrected chi connectivity index (χ1v) is 16.2. The molecule has 45 heavy (non-hydrogen) atoms. The molecule has 234 valence electrons. The summed E-state index contributed by atoms with van der Waals surface area (Å²) in [4.78, 5) is 14.2. The number of hydrogen-bond donors (Lipinski definition) is 2. The first-order chi connectivity index (χ1) is 21.8. The Morgan fingerprint density at radius 3 is 2.76 bits per heavy atom. The van der Waals surface area contributed by atoms with Gasteiger partial charge in [0.1, 0.15) is 35.5 Å². The predicted octanol–water partition coefficient (Wildman–Crippen LogP) is 6.22. The Morgan fingerprint density at radius 2 is 1.93 bits per heavy atom. The molecule has 4 aliphatic rings. The van der Waals surface area contributed by atoms with Crippen molar-refractivity contribution in [3.8, 4) is 17.1 Å². The average molecular weight is 634 g/mol. The molecule has 0 aliphatic carbocycles. The highest BCUT2D eigenvalue weighted by Crippen LogP contribution is 2.48. The Kier molecular flexibility index (Phi) is 6.15.